The van der Waals surface area contributed by atoms with Gasteiger partial charge in [0.05, 0.1) is 5.57 Å². The minimum Gasteiger partial charge on any atom is -0.366 e. The van der Waals surface area contributed by atoms with Crippen molar-refractivity contribution < 1.29 is 4.79 Å². The zero-order valence-corrected chi connectivity index (χ0v) is 13.7. The van der Waals surface area contributed by atoms with Crippen molar-refractivity contribution in [2.45, 2.75) is 6.92 Å². The molecule has 2 N–H and O–H groups in total. The lowest BCUT2D eigenvalue weighted by molar-refractivity contribution is -0.112. The van der Waals surface area contributed by atoms with Crippen LogP contribution in [0.15, 0.2) is 43.5 Å². The lowest BCUT2D eigenvalue weighted by Gasteiger charge is -2.02. The third kappa shape index (κ3) is 2.79. The molecule has 0 atom stereocenters. The second-order valence-corrected chi connectivity index (χ2v) is 5.53. The maximum Gasteiger partial charge on any atom is 0.250 e. The van der Waals surface area contributed by atoms with E-state index in [2.05, 4.69) is 30.2 Å². The minimum absolute atomic E-state index is 0.228. The average Bonchev–Trinajstić information content (AvgIpc) is 3.29. The first kappa shape index (κ1) is 15.6. The molecule has 4 heterocycles. The van der Waals surface area contributed by atoms with Crippen molar-refractivity contribution in [2.75, 3.05) is 0 Å². The summed E-state index contributed by atoms with van der Waals surface area (Å²) in [6.07, 6.45) is 9.00. The molecule has 4 rings (SSSR count). The van der Waals surface area contributed by atoms with Gasteiger partial charge in [0, 0.05) is 35.4 Å². The summed E-state index contributed by atoms with van der Waals surface area (Å²) in [4.78, 5) is 23.8. The second kappa shape index (κ2) is 6.16. The Bertz CT molecular complexity index is 1130. The number of hydrogen-bond donors (Lipinski definition) is 1. The molecule has 4 aromatic rings. The highest BCUT2D eigenvalue weighted by Gasteiger charge is 2.12. The molecule has 0 radical (unpaired) electrons. The molecule has 0 saturated carbocycles. The molecule has 0 aliphatic heterocycles. The topological polar surface area (TPSA) is 130 Å². The molecule has 26 heavy (non-hydrogen) atoms. The van der Waals surface area contributed by atoms with E-state index in [9.17, 15) is 4.79 Å². The van der Waals surface area contributed by atoms with Crippen LogP contribution in [0.4, 0.5) is 0 Å². The van der Waals surface area contributed by atoms with E-state index in [1.807, 2.05) is 23.5 Å². The molecular formula is C16H13N9O. The van der Waals surface area contributed by atoms with Crippen LogP contribution in [0.3, 0.4) is 0 Å². The van der Waals surface area contributed by atoms with E-state index in [-0.39, 0.29) is 5.57 Å². The zero-order chi connectivity index (χ0) is 18.1. The van der Waals surface area contributed by atoms with Crippen molar-refractivity contribution >= 4 is 23.3 Å². The van der Waals surface area contributed by atoms with Gasteiger partial charge in [-0.25, -0.2) is 19.6 Å². The van der Waals surface area contributed by atoms with E-state index in [1.165, 1.54) is 35.9 Å². The Hall–Kier alpha value is -3.95. The van der Waals surface area contributed by atoms with E-state index in [1.54, 1.807) is 6.33 Å². The van der Waals surface area contributed by atoms with Crippen molar-refractivity contribution in [3.63, 3.8) is 0 Å². The standard InChI is InChI=1S/C16H13N9O/c1-10-2-11(3-14-22-21-9-25(10)14)16-20-8-24(23-16)6-13(15(17)26)12-4-18-7-19-5-12/h2-9H,1H3,(H2,17,26)/b13-6+. The number of carbonyl (C=O) groups excluding carboxylic acids is 1. The lowest BCUT2D eigenvalue weighted by atomic mass is 10.1. The fourth-order valence-corrected chi connectivity index (χ4v) is 2.54. The van der Waals surface area contributed by atoms with E-state index in [0.29, 0.717) is 17.0 Å². The largest absolute Gasteiger partial charge is 0.366 e. The number of primary amides is 1. The smallest absolute Gasteiger partial charge is 0.250 e. The van der Waals surface area contributed by atoms with Crippen LogP contribution in [0, 0.1) is 6.92 Å². The van der Waals surface area contributed by atoms with Crippen molar-refractivity contribution in [1.29, 1.82) is 0 Å². The van der Waals surface area contributed by atoms with Gasteiger partial charge in [0.2, 0.25) is 0 Å². The van der Waals surface area contributed by atoms with E-state index >= 15 is 0 Å². The number of nitrogens with zero attached hydrogens (tertiary/aromatic N) is 8. The summed E-state index contributed by atoms with van der Waals surface area (Å²) < 4.78 is 3.28. The maximum absolute atomic E-state index is 11.8. The summed E-state index contributed by atoms with van der Waals surface area (Å²) >= 11 is 0. The highest BCUT2D eigenvalue weighted by molar-refractivity contribution is 6.22. The van der Waals surface area contributed by atoms with Crippen molar-refractivity contribution in [1.82, 2.24) is 39.3 Å². The van der Waals surface area contributed by atoms with Gasteiger partial charge in [0.1, 0.15) is 19.0 Å². The molecule has 128 valence electrons. The van der Waals surface area contributed by atoms with Crippen LogP contribution >= 0.6 is 0 Å². The van der Waals surface area contributed by atoms with Gasteiger partial charge in [-0.05, 0) is 19.1 Å². The Balaban J connectivity index is 1.73. The number of hydrogen-bond acceptors (Lipinski definition) is 7. The van der Waals surface area contributed by atoms with Crippen LogP contribution in [0.5, 0.6) is 0 Å². The quantitative estimate of drug-likeness (QED) is 0.534. The van der Waals surface area contributed by atoms with Gasteiger partial charge in [-0.2, -0.15) is 0 Å². The number of rotatable bonds is 4. The number of carbonyl (C=O) groups is 1. The first-order valence-electron chi connectivity index (χ1n) is 7.61. The molecule has 4 aromatic heterocycles. The first-order valence-corrected chi connectivity index (χ1v) is 7.61. The van der Waals surface area contributed by atoms with Crippen LogP contribution in [-0.2, 0) is 4.79 Å². The molecule has 10 heteroatoms. The van der Waals surface area contributed by atoms with Crippen LogP contribution in [-0.4, -0.2) is 45.2 Å². The summed E-state index contributed by atoms with van der Waals surface area (Å²) in [7, 11) is 0. The Morgan fingerprint density at radius 3 is 2.77 bits per heavy atom. The van der Waals surface area contributed by atoms with Gasteiger partial charge in [-0.1, -0.05) is 0 Å². The van der Waals surface area contributed by atoms with E-state index in [4.69, 9.17) is 5.73 Å². The Labute approximate surface area is 147 Å². The number of pyridine rings is 1. The number of aromatic nitrogens is 8. The van der Waals surface area contributed by atoms with Crippen LogP contribution in [0.2, 0.25) is 0 Å². The van der Waals surface area contributed by atoms with Gasteiger partial charge in [0.25, 0.3) is 5.91 Å². The van der Waals surface area contributed by atoms with Crippen LogP contribution in [0.1, 0.15) is 11.3 Å². The van der Waals surface area contributed by atoms with Crippen LogP contribution < -0.4 is 5.73 Å². The number of nitrogens with two attached hydrogens (primary N) is 1. The SMILES string of the molecule is Cc1cc(-c2ncn(/C=C(/C(N)=O)c3cncnc3)n2)cc2nncn12. The number of amides is 1. The first-order chi connectivity index (χ1) is 12.6. The van der Waals surface area contributed by atoms with Crippen LogP contribution in [0.25, 0.3) is 28.8 Å². The lowest BCUT2D eigenvalue weighted by Crippen LogP contribution is -2.14. The fourth-order valence-electron chi connectivity index (χ4n) is 2.54. The molecule has 0 bridgehead atoms. The Morgan fingerprint density at radius 2 is 2.00 bits per heavy atom. The molecule has 0 spiro atoms. The molecule has 10 nitrogen and oxygen atoms in total. The fraction of sp³-hybridized carbons (Fsp3) is 0.0625. The zero-order valence-electron chi connectivity index (χ0n) is 13.7. The summed E-state index contributed by atoms with van der Waals surface area (Å²) in [6, 6.07) is 3.77. The monoisotopic (exact) mass is 347 g/mol. The van der Waals surface area contributed by atoms with Gasteiger partial charge in [-0.3, -0.25) is 9.20 Å². The number of aryl methyl sites for hydroxylation is 1. The minimum atomic E-state index is -0.613. The number of fused-ring (bicyclic) bond motifs is 1. The summed E-state index contributed by atoms with van der Waals surface area (Å²) in [5.41, 5.74) is 8.63. The van der Waals surface area contributed by atoms with E-state index in [0.717, 1.165) is 11.3 Å². The molecule has 0 unspecified atom stereocenters. The summed E-state index contributed by atoms with van der Waals surface area (Å²) in [5.74, 6) is -0.124. The Morgan fingerprint density at radius 1 is 1.19 bits per heavy atom. The molecule has 0 saturated heterocycles. The molecule has 1 amide bonds. The maximum atomic E-state index is 11.8. The van der Waals surface area contributed by atoms with Gasteiger partial charge in [-0.15, -0.1) is 15.3 Å². The van der Waals surface area contributed by atoms with Crippen molar-refractivity contribution in [3.8, 4) is 11.4 Å². The van der Waals surface area contributed by atoms with Gasteiger partial charge >= 0.3 is 0 Å². The summed E-state index contributed by atoms with van der Waals surface area (Å²) in [5, 5.41) is 12.3. The second-order valence-electron chi connectivity index (χ2n) is 5.53. The highest BCUT2D eigenvalue weighted by atomic mass is 16.1. The summed E-state index contributed by atoms with van der Waals surface area (Å²) in [6.45, 7) is 1.94. The molecule has 0 aliphatic carbocycles. The van der Waals surface area contributed by atoms with E-state index < -0.39 is 5.91 Å². The third-order valence-electron chi connectivity index (χ3n) is 3.77. The normalized spacial score (nSPS) is 11.8. The van der Waals surface area contributed by atoms with Crippen molar-refractivity contribution in [2.24, 2.45) is 5.73 Å². The van der Waals surface area contributed by atoms with Gasteiger partial charge < -0.3 is 5.73 Å². The predicted octanol–water partition coefficient (Wildman–Crippen LogP) is 0.570. The molecule has 0 fully saturated rings. The van der Waals surface area contributed by atoms with Crippen molar-refractivity contribution in [3.05, 3.63) is 54.8 Å². The Kier molecular flexibility index (Phi) is 3.69. The predicted molar refractivity (Wildman–Crippen MR) is 92.1 cm³/mol. The molecule has 0 aromatic carbocycles. The molecule has 0 aliphatic rings. The highest BCUT2D eigenvalue weighted by Crippen LogP contribution is 2.19. The molecular weight excluding hydrogens is 334 g/mol. The van der Waals surface area contributed by atoms with Gasteiger partial charge in [0.15, 0.2) is 11.5 Å². The third-order valence-corrected chi connectivity index (χ3v) is 3.77. The average molecular weight is 347 g/mol.